The van der Waals surface area contributed by atoms with E-state index in [0.717, 1.165) is 0 Å². The molecule has 0 aliphatic rings. The number of nitriles is 1. The normalized spacial score (nSPS) is 10.6. The van der Waals surface area contributed by atoms with E-state index < -0.39 is 0 Å². The van der Waals surface area contributed by atoms with Gasteiger partial charge in [0.15, 0.2) is 0 Å². The molecule has 0 amide bonds. The van der Waals surface area contributed by atoms with Gasteiger partial charge in [0.1, 0.15) is 0 Å². The van der Waals surface area contributed by atoms with Gasteiger partial charge in [0.2, 0.25) is 0 Å². The molecule has 0 rings (SSSR count). The molecule has 0 fully saturated rings. The van der Waals surface area contributed by atoms with Gasteiger partial charge in [0.25, 0.3) is 0 Å². The highest BCUT2D eigenvalue weighted by molar-refractivity contribution is 4.91. The molecule has 0 saturated carbocycles. The van der Waals surface area contributed by atoms with Crippen molar-refractivity contribution in [2.24, 2.45) is 5.41 Å². The minimum Gasteiger partial charge on any atom is -0.198 e. The smallest absolute Gasteiger partial charge is 0.0683 e. The molecule has 0 N–H and O–H groups in total. The lowest BCUT2D eigenvalue weighted by atomic mass is 9.93. The van der Waals surface area contributed by atoms with E-state index in [1.54, 1.807) is 0 Å². The maximum Gasteiger partial charge on any atom is 0.0683 e. The van der Waals surface area contributed by atoms with Crippen molar-refractivity contribution in [3.8, 4) is 6.07 Å². The molecule has 0 spiro atoms. The molecule has 0 heterocycles. The first-order chi connectivity index (χ1) is 3.12. The Balaban J connectivity index is 3.66. The van der Waals surface area contributed by atoms with Crippen LogP contribution in [0, 0.1) is 23.7 Å². The van der Waals surface area contributed by atoms with Crippen LogP contribution in [0.15, 0.2) is 0 Å². The zero-order chi connectivity index (χ0) is 5.91. The molecule has 0 aliphatic heterocycles. The fourth-order valence-corrected chi connectivity index (χ4v) is 0.0559. The van der Waals surface area contributed by atoms with E-state index in [2.05, 4.69) is 13.0 Å². The Morgan fingerprint density at radius 3 is 2.14 bits per heavy atom. The minimum atomic E-state index is -0.222. The molecule has 0 unspecified atom stereocenters. The van der Waals surface area contributed by atoms with Crippen LogP contribution in [0.2, 0.25) is 0 Å². The molecule has 39 valence electrons. The largest absolute Gasteiger partial charge is 0.198 e. The molecule has 0 aromatic rings. The lowest BCUT2D eigenvalue weighted by Gasteiger charge is -2.08. The van der Waals surface area contributed by atoms with Gasteiger partial charge in [-0.15, -0.1) is 0 Å². The van der Waals surface area contributed by atoms with Gasteiger partial charge in [-0.1, -0.05) is 6.92 Å². The van der Waals surface area contributed by atoms with Crippen LogP contribution in [-0.4, -0.2) is 0 Å². The molecule has 0 aromatic carbocycles. The predicted molar refractivity (Wildman–Crippen MR) is 29.4 cm³/mol. The summed E-state index contributed by atoms with van der Waals surface area (Å²) in [5.41, 5.74) is -0.222. The van der Waals surface area contributed by atoms with Gasteiger partial charge in [0, 0.05) is 0 Å². The SMILES string of the molecule is [CH2]CC(C)(C)C#N. The van der Waals surface area contributed by atoms with Crippen LogP contribution in [-0.2, 0) is 0 Å². The van der Waals surface area contributed by atoms with Gasteiger partial charge >= 0.3 is 0 Å². The maximum absolute atomic E-state index is 8.30. The molecular weight excluding hydrogens is 86.1 g/mol. The van der Waals surface area contributed by atoms with Gasteiger partial charge in [-0.2, -0.15) is 5.26 Å². The van der Waals surface area contributed by atoms with Gasteiger partial charge < -0.3 is 0 Å². The van der Waals surface area contributed by atoms with Crippen LogP contribution < -0.4 is 0 Å². The highest BCUT2D eigenvalue weighted by atomic mass is 14.3. The van der Waals surface area contributed by atoms with Crippen molar-refractivity contribution in [2.45, 2.75) is 20.3 Å². The van der Waals surface area contributed by atoms with Crippen molar-refractivity contribution >= 4 is 0 Å². The summed E-state index contributed by atoms with van der Waals surface area (Å²) in [6.07, 6.45) is 0.684. The third-order valence-electron chi connectivity index (χ3n) is 0.928. The first-order valence-electron chi connectivity index (χ1n) is 2.33. The Morgan fingerprint density at radius 2 is 2.14 bits per heavy atom. The van der Waals surface area contributed by atoms with E-state index in [1.165, 1.54) is 0 Å². The summed E-state index contributed by atoms with van der Waals surface area (Å²) >= 11 is 0. The maximum atomic E-state index is 8.30. The van der Waals surface area contributed by atoms with Crippen LogP contribution >= 0.6 is 0 Å². The zero-order valence-corrected chi connectivity index (χ0v) is 4.86. The first-order valence-corrected chi connectivity index (χ1v) is 2.33. The van der Waals surface area contributed by atoms with E-state index in [-0.39, 0.29) is 5.41 Å². The third kappa shape index (κ3) is 2.22. The summed E-state index contributed by atoms with van der Waals surface area (Å²) in [6.45, 7) is 7.36. The summed E-state index contributed by atoms with van der Waals surface area (Å²) in [7, 11) is 0. The molecule has 1 radical (unpaired) electrons. The topological polar surface area (TPSA) is 23.8 Å². The van der Waals surface area contributed by atoms with Crippen LogP contribution in [0.3, 0.4) is 0 Å². The molecule has 0 aliphatic carbocycles. The van der Waals surface area contributed by atoms with Crippen LogP contribution in [0.1, 0.15) is 20.3 Å². The zero-order valence-electron chi connectivity index (χ0n) is 4.86. The number of hydrogen-bond donors (Lipinski definition) is 0. The van der Waals surface area contributed by atoms with Crippen LogP contribution in [0.4, 0.5) is 0 Å². The number of hydrogen-bond acceptors (Lipinski definition) is 1. The number of nitrogens with zero attached hydrogens (tertiary/aromatic N) is 1. The second kappa shape index (κ2) is 1.97. The second-order valence-electron chi connectivity index (χ2n) is 2.25. The summed E-state index contributed by atoms with van der Waals surface area (Å²) in [5.74, 6) is 0. The first kappa shape index (κ1) is 6.49. The summed E-state index contributed by atoms with van der Waals surface area (Å²) in [5, 5.41) is 8.30. The Morgan fingerprint density at radius 1 is 1.71 bits per heavy atom. The lowest BCUT2D eigenvalue weighted by molar-refractivity contribution is 0.503. The molecule has 0 aromatic heterocycles. The third-order valence-corrected chi connectivity index (χ3v) is 0.928. The van der Waals surface area contributed by atoms with E-state index in [4.69, 9.17) is 5.26 Å². The fraction of sp³-hybridized carbons (Fsp3) is 0.667. The Labute approximate surface area is 45.0 Å². The van der Waals surface area contributed by atoms with Crippen molar-refractivity contribution < 1.29 is 0 Å². The molecule has 7 heavy (non-hydrogen) atoms. The average molecular weight is 96.2 g/mol. The van der Waals surface area contributed by atoms with Crippen molar-refractivity contribution in [1.29, 1.82) is 5.26 Å². The van der Waals surface area contributed by atoms with E-state index in [9.17, 15) is 0 Å². The summed E-state index contributed by atoms with van der Waals surface area (Å²) in [6, 6.07) is 2.13. The van der Waals surface area contributed by atoms with Gasteiger partial charge in [0.05, 0.1) is 11.5 Å². The quantitative estimate of drug-likeness (QED) is 0.488. The Kier molecular flexibility index (Phi) is 1.83. The average Bonchev–Trinajstić information content (AvgIpc) is 1.68. The Bertz CT molecular complexity index is 86.8. The van der Waals surface area contributed by atoms with Gasteiger partial charge in [-0.25, -0.2) is 0 Å². The van der Waals surface area contributed by atoms with Crippen LogP contribution in [0.25, 0.3) is 0 Å². The van der Waals surface area contributed by atoms with E-state index in [0.29, 0.717) is 6.42 Å². The highest BCUT2D eigenvalue weighted by Gasteiger charge is 2.11. The standard InChI is InChI=1S/C6H10N/c1-4-6(2,3)5-7/h1,4H2,2-3H3. The molecule has 0 bridgehead atoms. The fourth-order valence-electron chi connectivity index (χ4n) is 0.0559. The molecular formula is C6H10N. The van der Waals surface area contributed by atoms with Crippen molar-refractivity contribution in [2.75, 3.05) is 0 Å². The molecule has 0 saturated heterocycles. The summed E-state index contributed by atoms with van der Waals surface area (Å²) < 4.78 is 0. The number of rotatable bonds is 1. The monoisotopic (exact) mass is 96.1 g/mol. The van der Waals surface area contributed by atoms with Gasteiger partial charge in [-0.3, -0.25) is 0 Å². The highest BCUT2D eigenvalue weighted by Crippen LogP contribution is 2.16. The molecule has 1 heteroatoms. The lowest BCUT2D eigenvalue weighted by Crippen LogP contribution is -2.03. The Hall–Kier alpha value is -0.510. The van der Waals surface area contributed by atoms with E-state index in [1.807, 2.05) is 13.8 Å². The van der Waals surface area contributed by atoms with Crippen LogP contribution in [0.5, 0.6) is 0 Å². The second-order valence-corrected chi connectivity index (χ2v) is 2.25. The molecule has 0 atom stereocenters. The summed E-state index contributed by atoms with van der Waals surface area (Å²) in [4.78, 5) is 0. The predicted octanol–water partition coefficient (Wildman–Crippen LogP) is 1.76. The van der Waals surface area contributed by atoms with E-state index >= 15 is 0 Å². The van der Waals surface area contributed by atoms with Crippen molar-refractivity contribution in [3.63, 3.8) is 0 Å². The van der Waals surface area contributed by atoms with Crippen molar-refractivity contribution in [1.82, 2.24) is 0 Å². The van der Waals surface area contributed by atoms with Gasteiger partial charge in [-0.05, 0) is 20.3 Å². The minimum absolute atomic E-state index is 0.222. The van der Waals surface area contributed by atoms with Crippen molar-refractivity contribution in [3.05, 3.63) is 6.92 Å². The molecule has 1 nitrogen and oxygen atoms in total.